The van der Waals surface area contributed by atoms with Gasteiger partial charge in [0, 0.05) is 25.0 Å². The summed E-state index contributed by atoms with van der Waals surface area (Å²) in [4.78, 5) is 19.1. The molecule has 1 aliphatic rings. The number of anilines is 2. The van der Waals surface area contributed by atoms with E-state index in [-0.39, 0.29) is 5.91 Å². The molecule has 0 unspecified atom stereocenters. The number of benzene rings is 2. The van der Waals surface area contributed by atoms with Gasteiger partial charge in [0.25, 0.3) is 5.91 Å². The van der Waals surface area contributed by atoms with Gasteiger partial charge in [-0.15, -0.1) is 0 Å². The van der Waals surface area contributed by atoms with Crippen LogP contribution in [0.5, 0.6) is 0 Å². The molecule has 0 fully saturated rings. The van der Waals surface area contributed by atoms with Crippen molar-refractivity contribution in [1.82, 2.24) is 10.3 Å². The number of aryl methyl sites for hydroxylation is 1. The van der Waals surface area contributed by atoms with Crippen LogP contribution in [0.25, 0.3) is 0 Å². The van der Waals surface area contributed by atoms with Crippen molar-refractivity contribution >= 4 is 17.3 Å². The number of nitrogens with zero attached hydrogens (tertiary/aromatic N) is 2. The lowest BCUT2D eigenvalue weighted by molar-refractivity contribution is 0.0950. The average Bonchev–Trinajstić information content (AvgIpc) is 2.72. The molecule has 4 heteroatoms. The molecule has 4 rings (SSSR count). The summed E-state index contributed by atoms with van der Waals surface area (Å²) < 4.78 is 0. The van der Waals surface area contributed by atoms with Crippen LogP contribution in [-0.4, -0.2) is 17.4 Å². The maximum Gasteiger partial charge on any atom is 0.253 e. The lowest BCUT2D eigenvalue weighted by Crippen LogP contribution is -2.26. The summed E-state index contributed by atoms with van der Waals surface area (Å²) in [5, 5.41) is 2.97. The van der Waals surface area contributed by atoms with Gasteiger partial charge in [0.15, 0.2) is 0 Å². The zero-order valence-electron chi connectivity index (χ0n) is 14.6. The molecule has 0 radical (unpaired) electrons. The van der Waals surface area contributed by atoms with Crippen LogP contribution in [0, 0.1) is 0 Å². The molecule has 3 aromatic rings. The fourth-order valence-electron chi connectivity index (χ4n) is 3.38. The lowest BCUT2D eigenvalue weighted by atomic mass is 10.0. The Morgan fingerprint density at radius 1 is 1.04 bits per heavy atom. The quantitative estimate of drug-likeness (QED) is 0.776. The molecule has 1 amide bonds. The van der Waals surface area contributed by atoms with E-state index in [0.29, 0.717) is 12.1 Å². The monoisotopic (exact) mass is 343 g/mol. The molecule has 0 bridgehead atoms. The number of rotatable bonds is 4. The fraction of sp³-hybridized carbons (Fsp3) is 0.182. The number of para-hydroxylation sites is 1. The molecule has 0 spiro atoms. The van der Waals surface area contributed by atoms with Crippen LogP contribution in [0.4, 0.5) is 11.4 Å². The summed E-state index contributed by atoms with van der Waals surface area (Å²) in [6, 6.07) is 20.3. The summed E-state index contributed by atoms with van der Waals surface area (Å²) in [5.41, 5.74) is 5.18. The molecule has 0 aliphatic carbocycles. The summed E-state index contributed by atoms with van der Waals surface area (Å²) in [5.74, 6) is -0.103. The van der Waals surface area contributed by atoms with Crippen molar-refractivity contribution < 1.29 is 4.79 Å². The van der Waals surface area contributed by atoms with E-state index in [4.69, 9.17) is 0 Å². The van der Waals surface area contributed by atoms with Gasteiger partial charge in [-0.2, -0.15) is 0 Å². The van der Waals surface area contributed by atoms with Crippen molar-refractivity contribution in [2.75, 3.05) is 11.4 Å². The summed E-state index contributed by atoms with van der Waals surface area (Å²) in [6.45, 7) is 1.45. The number of pyridine rings is 1. The first kappa shape index (κ1) is 16.3. The number of carbonyl (C=O) groups excluding carboxylic acids is 1. The van der Waals surface area contributed by atoms with E-state index in [2.05, 4.69) is 39.5 Å². The molecular formula is C22H21N3O. The van der Waals surface area contributed by atoms with Crippen molar-refractivity contribution in [2.24, 2.45) is 0 Å². The number of aromatic nitrogens is 1. The van der Waals surface area contributed by atoms with E-state index < -0.39 is 0 Å². The van der Waals surface area contributed by atoms with Crippen molar-refractivity contribution in [3.8, 4) is 0 Å². The highest BCUT2D eigenvalue weighted by Crippen LogP contribution is 2.33. The minimum absolute atomic E-state index is 0.103. The molecule has 0 saturated carbocycles. The second kappa shape index (κ2) is 7.40. The predicted molar refractivity (Wildman–Crippen MR) is 104 cm³/mol. The van der Waals surface area contributed by atoms with Gasteiger partial charge in [-0.05, 0) is 36.1 Å². The molecule has 1 N–H and O–H groups in total. The second-order valence-corrected chi connectivity index (χ2v) is 6.48. The first-order chi connectivity index (χ1) is 12.8. The third-order valence-electron chi connectivity index (χ3n) is 4.70. The van der Waals surface area contributed by atoms with Gasteiger partial charge in [0.05, 0.1) is 17.4 Å². The van der Waals surface area contributed by atoms with E-state index in [1.807, 2.05) is 42.6 Å². The third-order valence-corrected chi connectivity index (χ3v) is 4.70. The van der Waals surface area contributed by atoms with Gasteiger partial charge in [-0.1, -0.05) is 48.5 Å². The molecule has 130 valence electrons. The van der Waals surface area contributed by atoms with Gasteiger partial charge < -0.3 is 10.2 Å². The highest BCUT2D eigenvalue weighted by atomic mass is 16.1. The van der Waals surface area contributed by atoms with Crippen LogP contribution in [0.1, 0.15) is 27.9 Å². The number of fused-ring (bicyclic) bond motifs is 1. The van der Waals surface area contributed by atoms with Crippen LogP contribution in [-0.2, 0) is 13.0 Å². The zero-order valence-corrected chi connectivity index (χ0v) is 14.6. The Labute approximate surface area is 153 Å². The number of amides is 1. The van der Waals surface area contributed by atoms with Crippen molar-refractivity contribution in [1.29, 1.82) is 0 Å². The van der Waals surface area contributed by atoms with Gasteiger partial charge in [-0.25, -0.2) is 0 Å². The first-order valence-corrected chi connectivity index (χ1v) is 8.94. The second-order valence-electron chi connectivity index (χ2n) is 6.48. The Hall–Kier alpha value is -3.14. The Bertz CT molecular complexity index is 908. The third kappa shape index (κ3) is 3.45. The number of carbonyl (C=O) groups is 1. The van der Waals surface area contributed by atoms with E-state index in [1.165, 1.54) is 11.3 Å². The largest absolute Gasteiger partial charge is 0.348 e. The Kier molecular flexibility index (Phi) is 4.65. The number of nitrogens with one attached hydrogen (secondary N) is 1. The maximum absolute atomic E-state index is 12.5. The van der Waals surface area contributed by atoms with Crippen LogP contribution < -0.4 is 10.2 Å². The predicted octanol–water partition coefficient (Wildman–Crippen LogP) is 4.10. The van der Waals surface area contributed by atoms with Crippen molar-refractivity contribution in [3.63, 3.8) is 0 Å². The van der Waals surface area contributed by atoms with Crippen LogP contribution in [0.15, 0.2) is 73.1 Å². The molecule has 0 atom stereocenters. The molecule has 0 saturated heterocycles. The smallest absolute Gasteiger partial charge is 0.253 e. The molecule has 26 heavy (non-hydrogen) atoms. The zero-order chi connectivity index (χ0) is 17.8. The van der Waals surface area contributed by atoms with Gasteiger partial charge in [0.1, 0.15) is 0 Å². The average molecular weight is 343 g/mol. The summed E-state index contributed by atoms with van der Waals surface area (Å²) >= 11 is 0. The lowest BCUT2D eigenvalue weighted by Gasteiger charge is -2.31. The molecular weight excluding hydrogens is 322 g/mol. The van der Waals surface area contributed by atoms with Crippen LogP contribution in [0.3, 0.4) is 0 Å². The standard InChI is InChI=1S/C22H21N3O/c26-22(24-14-17-7-2-1-3-8-17)19-13-20(16-23-15-19)25-12-6-10-18-9-4-5-11-21(18)25/h1-5,7-9,11,13,15-16H,6,10,12,14H2,(H,24,26). The molecule has 1 aliphatic heterocycles. The van der Waals surface area contributed by atoms with Gasteiger partial charge in [-0.3, -0.25) is 9.78 Å². The Balaban J connectivity index is 1.53. The van der Waals surface area contributed by atoms with Crippen molar-refractivity contribution in [2.45, 2.75) is 19.4 Å². The van der Waals surface area contributed by atoms with E-state index in [0.717, 1.165) is 30.6 Å². The topological polar surface area (TPSA) is 45.2 Å². The highest BCUT2D eigenvalue weighted by Gasteiger charge is 2.19. The van der Waals surface area contributed by atoms with E-state index in [1.54, 1.807) is 6.20 Å². The summed E-state index contributed by atoms with van der Waals surface area (Å²) in [7, 11) is 0. The molecule has 2 heterocycles. The number of hydrogen-bond acceptors (Lipinski definition) is 3. The van der Waals surface area contributed by atoms with E-state index in [9.17, 15) is 4.79 Å². The molecule has 2 aromatic carbocycles. The highest BCUT2D eigenvalue weighted by molar-refractivity contribution is 5.95. The molecule has 1 aromatic heterocycles. The molecule has 4 nitrogen and oxygen atoms in total. The minimum Gasteiger partial charge on any atom is -0.348 e. The first-order valence-electron chi connectivity index (χ1n) is 8.94. The van der Waals surface area contributed by atoms with Crippen molar-refractivity contribution in [3.05, 3.63) is 89.7 Å². The van der Waals surface area contributed by atoms with Gasteiger partial charge >= 0.3 is 0 Å². The van der Waals surface area contributed by atoms with E-state index >= 15 is 0 Å². The SMILES string of the molecule is O=C(NCc1ccccc1)c1cncc(N2CCCc3ccccc32)c1. The number of hydrogen-bond donors (Lipinski definition) is 1. The van der Waals surface area contributed by atoms with Crippen LogP contribution >= 0.6 is 0 Å². The Morgan fingerprint density at radius 2 is 1.85 bits per heavy atom. The fourth-order valence-corrected chi connectivity index (χ4v) is 3.38. The normalized spacial score (nSPS) is 13.2. The maximum atomic E-state index is 12.5. The Morgan fingerprint density at radius 3 is 2.73 bits per heavy atom. The summed E-state index contributed by atoms with van der Waals surface area (Å²) in [6.07, 6.45) is 5.65. The van der Waals surface area contributed by atoms with Gasteiger partial charge in [0.2, 0.25) is 0 Å². The van der Waals surface area contributed by atoms with Crippen LogP contribution in [0.2, 0.25) is 0 Å². The minimum atomic E-state index is -0.103.